The number of methoxy groups -OCH3 is 1. The van der Waals surface area contributed by atoms with E-state index in [0.717, 1.165) is 26.5 Å². The highest BCUT2D eigenvalue weighted by atomic mass is 32.2. The van der Waals surface area contributed by atoms with Gasteiger partial charge in [-0.2, -0.15) is 12.7 Å². The summed E-state index contributed by atoms with van der Waals surface area (Å²) in [5.74, 6) is 0.247. The van der Waals surface area contributed by atoms with E-state index >= 15 is 0 Å². The molecule has 0 radical (unpaired) electrons. The van der Waals surface area contributed by atoms with E-state index in [2.05, 4.69) is 30.8 Å². The molecule has 1 rings (SSSR count). The van der Waals surface area contributed by atoms with Gasteiger partial charge in [-0.1, -0.05) is 0 Å². The first-order chi connectivity index (χ1) is 9.14. The third-order valence-corrected chi connectivity index (χ3v) is 4.58. The number of ether oxygens (including phenoxy) is 1. The van der Waals surface area contributed by atoms with Crippen molar-refractivity contribution in [3.63, 3.8) is 0 Å². The number of amides is 1. The first-order valence-corrected chi connectivity index (χ1v) is 8.19. The highest BCUT2D eigenvalue weighted by molar-refractivity contribution is 7.87. The van der Waals surface area contributed by atoms with Gasteiger partial charge < -0.3 is 10.1 Å². The van der Waals surface area contributed by atoms with Gasteiger partial charge in [0, 0.05) is 18.6 Å². The lowest BCUT2D eigenvalue weighted by molar-refractivity contribution is 0.176. The molecule has 118 valence electrons. The third kappa shape index (κ3) is 5.64. The van der Waals surface area contributed by atoms with Crippen molar-refractivity contribution in [1.29, 1.82) is 0 Å². The summed E-state index contributed by atoms with van der Waals surface area (Å²) in [4.78, 5) is 11.1. The number of carbonyl (C=O) groups excluding carboxylic acids is 1. The first-order valence-electron chi connectivity index (χ1n) is 6.75. The second kappa shape index (κ2) is 6.73. The van der Waals surface area contributed by atoms with Crippen molar-refractivity contribution in [3.05, 3.63) is 0 Å². The Labute approximate surface area is 121 Å². The zero-order valence-corrected chi connectivity index (χ0v) is 13.4. The van der Waals surface area contributed by atoms with Crippen LogP contribution in [-0.4, -0.2) is 51.1 Å². The van der Waals surface area contributed by atoms with Gasteiger partial charge in [-0.15, -0.1) is 0 Å². The number of nitrogens with one attached hydrogen (secondary N) is 2. The maximum absolute atomic E-state index is 12.0. The second-order valence-electron chi connectivity index (χ2n) is 6.10. The fourth-order valence-corrected chi connectivity index (χ4v) is 3.27. The molecule has 0 aliphatic carbocycles. The molecule has 7 nitrogen and oxygen atoms in total. The molecule has 1 fully saturated rings. The zero-order valence-electron chi connectivity index (χ0n) is 12.6. The summed E-state index contributed by atoms with van der Waals surface area (Å²) in [6.45, 7) is 7.82. The maximum Gasteiger partial charge on any atom is 0.421 e. The number of carbonyl (C=O) groups is 1. The van der Waals surface area contributed by atoms with Crippen LogP contribution in [0.4, 0.5) is 4.79 Å². The monoisotopic (exact) mass is 307 g/mol. The van der Waals surface area contributed by atoms with Crippen molar-refractivity contribution >= 4 is 16.3 Å². The topological polar surface area (TPSA) is 87.7 Å². The van der Waals surface area contributed by atoms with Gasteiger partial charge in [-0.25, -0.2) is 9.52 Å². The van der Waals surface area contributed by atoms with Crippen LogP contribution in [0, 0.1) is 5.92 Å². The Bertz CT molecular complexity index is 430. The van der Waals surface area contributed by atoms with Crippen molar-refractivity contribution in [3.8, 4) is 0 Å². The molecule has 0 saturated carbocycles. The van der Waals surface area contributed by atoms with Crippen molar-refractivity contribution in [2.75, 3.05) is 26.7 Å². The average molecular weight is 307 g/mol. The van der Waals surface area contributed by atoms with Crippen LogP contribution >= 0.6 is 0 Å². The molecule has 0 spiro atoms. The summed E-state index contributed by atoms with van der Waals surface area (Å²) in [6.07, 6.45) is 0.811. The largest absolute Gasteiger partial charge is 0.452 e. The number of hydrogen-bond donors (Lipinski definition) is 2. The minimum atomic E-state index is -3.80. The predicted molar refractivity (Wildman–Crippen MR) is 76.5 cm³/mol. The van der Waals surface area contributed by atoms with Crippen LogP contribution in [0.2, 0.25) is 0 Å². The van der Waals surface area contributed by atoms with E-state index in [-0.39, 0.29) is 11.5 Å². The van der Waals surface area contributed by atoms with Crippen LogP contribution in [0.15, 0.2) is 0 Å². The summed E-state index contributed by atoms with van der Waals surface area (Å²) in [5, 5.41) is 3.38. The maximum atomic E-state index is 12.0. The van der Waals surface area contributed by atoms with Crippen molar-refractivity contribution in [1.82, 2.24) is 14.3 Å². The number of hydrogen-bond acceptors (Lipinski definition) is 5. The average Bonchev–Trinajstić information content (AvgIpc) is 2.35. The molecule has 0 aromatic carbocycles. The molecule has 0 aromatic heterocycles. The number of piperidine rings is 1. The minimum Gasteiger partial charge on any atom is -0.452 e. The van der Waals surface area contributed by atoms with E-state index in [1.54, 1.807) is 0 Å². The molecule has 2 N–H and O–H groups in total. The Morgan fingerprint density at radius 2 is 2.05 bits per heavy atom. The molecule has 20 heavy (non-hydrogen) atoms. The van der Waals surface area contributed by atoms with Gasteiger partial charge in [0.2, 0.25) is 0 Å². The van der Waals surface area contributed by atoms with Gasteiger partial charge in [-0.05, 0) is 46.1 Å². The van der Waals surface area contributed by atoms with Crippen LogP contribution in [0.25, 0.3) is 0 Å². The highest BCUT2D eigenvalue weighted by Gasteiger charge is 2.30. The number of nitrogens with zero attached hydrogens (tertiary/aromatic N) is 1. The summed E-state index contributed by atoms with van der Waals surface area (Å²) in [7, 11) is -2.66. The fraction of sp³-hybridized carbons (Fsp3) is 0.917. The second-order valence-corrected chi connectivity index (χ2v) is 7.77. The molecule has 8 heteroatoms. The molecule has 1 unspecified atom stereocenters. The van der Waals surface area contributed by atoms with Crippen LogP contribution in [0.3, 0.4) is 0 Å². The Hall–Kier alpha value is -0.860. The number of rotatable bonds is 4. The molecule has 1 heterocycles. The predicted octanol–water partition coefficient (Wildman–Crippen LogP) is 0.687. The van der Waals surface area contributed by atoms with Gasteiger partial charge in [0.05, 0.1) is 7.11 Å². The summed E-state index contributed by atoms with van der Waals surface area (Å²) < 4.78 is 31.5. The van der Waals surface area contributed by atoms with E-state index in [1.165, 1.54) is 4.31 Å². The molecule has 0 bridgehead atoms. The van der Waals surface area contributed by atoms with E-state index < -0.39 is 16.3 Å². The Balaban J connectivity index is 2.58. The summed E-state index contributed by atoms with van der Waals surface area (Å²) in [6, 6.07) is 0. The summed E-state index contributed by atoms with van der Waals surface area (Å²) in [5.41, 5.74) is 0.00538. The Morgan fingerprint density at radius 1 is 1.40 bits per heavy atom. The van der Waals surface area contributed by atoms with E-state index in [0.29, 0.717) is 13.1 Å². The fourth-order valence-electron chi connectivity index (χ4n) is 2.07. The lowest BCUT2D eigenvalue weighted by Gasteiger charge is -2.33. The highest BCUT2D eigenvalue weighted by Crippen LogP contribution is 2.18. The zero-order chi connectivity index (χ0) is 15.4. The molecule has 1 amide bonds. The van der Waals surface area contributed by atoms with E-state index in [1.807, 2.05) is 4.72 Å². The molecule has 1 saturated heterocycles. The lowest BCUT2D eigenvalue weighted by Crippen LogP contribution is -2.50. The smallest absolute Gasteiger partial charge is 0.421 e. The van der Waals surface area contributed by atoms with E-state index in [4.69, 9.17) is 0 Å². The molecule has 1 atom stereocenters. The van der Waals surface area contributed by atoms with Gasteiger partial charge in [-0.3, -0.25) is 0 Å². The molecule has 0 aromatic rings. The van der Waals surface area contributed by atoms with Crippen molar-refractivity contribution in [2.45, 2.75) is 39.2 Å². The standard InChI is InChI=1S/C12H25N3O4S/c1-12(2,3)13-8-10-6-5-7-15(9-10)20(17,18)14-11(16)19-4/h10,13H,5-9H2,1-4H3,(H,14,16). The van der Waals surface area contributed by atoms with Gasteiger partial charge >= 0.3 is 16.3 Å². The lowest BCUT2D eigenvalue weighted by atomic mass is 9.98. The quantitative estimate of drug-likeness (QED) is 0.798. The van der Waals surface area contributed by atoms with Crippen LogP contribution < -0.4 is 10.0 Å². The van der Waals surface area contributed by atoms with Gasteiger partial charge in [0.1, 0.15) is 0 Å². The Kier molecular flexibility index (Phi) is 5.79. The van der Waals surface area contributed by atoms with Crippen molar-refractivity contribution < 1.29 is 17.9 Å². The molecular formula is C12H25N3O4S. The molecule has 1 aliphatic heterocycles. The third-order valence-electron chi connectivity index (χ3n) is 3.14. The SMILES string of the molecule is COC(=O)NS(=O)(=O)N1CCCC(CNC(C)(C)C)C1. The van der Waals surface area contributed by atoms with E-state index in [9.17, 15) is 13.2 Å². The van der Waals surface area contributed by atoms with Crippen molar-refractivity contribution in [2.24, 2.45) is 5.92 Å². The summed E-state index contributed by atoms with van der Waals surface area (Å²) >= 11 is 0. The normalized spacial score (nSPS) is 21.5. The van der Waals surface area contributed by atoms with Crippen LogP contribution in [0.1, 0.15) is 33.6 Å². The molecular weight excluding hydrogens is 282 g/mol. The van der Waals surface area contributed by atoms with Gasteiger partial charge in [0.15, 0.2) is 0 Å². The Morgan fingerprint density at radius 3 is 2.60 bits per heavy atom. The van der Waals surface area contributed by atoms with Gasteiger partial charge in [0.25, 0.3) is 0 Å². The minimum absolute atomic E-state index is 0.00538. The molecule has 1 aliphatic rings. The first kappa shape index (κ1) is 17.2. The van der Waals surface area contributed by atoms with Crippen LogP contribution in [-0.2, 0) is 14.9 Å². The van der Waals surface area contributed by atoms with Crippen LogP contribution in [0.5, 0.6) is 0 Å².